The molecule has 1 N–H and O–H groups in total. The molecule has 118 valence electrons. The molecule has 1 aromatic carbocycles. The molecule has 4 nitrogen and oxygen atoms in total. The molecule has 0 bridgehead atoms. The predicted octanol–water partition coefficient (Wildman–Crippen LogP) is 1.35. The van der Waals surface area contributed by atoms with Gasteiger partial charge in [0.25, 0.3) is 0 Å². The third-order valence-electron chi connectivity index (χ3n) is 3.81. The summed E-state index contributed by atoms with van der Waals surface area (Å²) in [4.78, 5) is 2.07. The lowest BCUT2D eigenvalue weighted by atomic mass is 10.0. The van der Waals surface area contributed by atoms with E-state index in [-0.39, 0.29) is 17.5 Å². The van der Waals surface area contributed by atoms with Gasteiger partial charge in [0, 0.05) is 31.7 Å². The Morgan fingerprint density at radius 3 is 2.29 bits per heavy atom. The summed E-state index contributed by atoms with van der Waals surface area (Å²) < 4.78 is 49.2. The molecule has 0 aromatic heterocycles. The van der Waals surface area contributed by atoms with Crippen LogP contribution in [0.25, 0.3) is 0 Å². The van der Waals surface area contributed by atoms with E-state index in [9.17, 15) is 17.2 Å². The lowest BCUT2D eigenvalue weighted by Crippen LogP contribution is -2.41. The molecule has 0 saturated carbocycles. The van der Waals surface area contributed by atoms with Crippen LogP contribution in [-0.2, 0) is 9.84 Å². The van der Waals surface area contributed by atoms with E-state index in [0.29, 0.717) is 31.6 Å². The predicted molar refractivity (Wildman–Crippen MR) is 77.9 cm³/mol. The first kappa shape index (κ1) is 16.3. The van der Waals surface area contributed by atoms with Gasteiger partial charge in [-0.25, -0.2) is 17.2 Å². The van der Waals surface area contributed by atoms with Crippen molar-refractivity contribution >= 4 is 9.84 Å². The summed E-state index contributed by atoms with van der Waals surface area (Å²) >= 11 is 0. The molecule has 1 aliphatic rings. The van der Waals surface area contributed by atoms with Crippen LogP contribution in [0.4, 0.5) is 8.78 Å². The van der Waals surface area contributed by atoms with E-state index < -0.39 is 21.5 Å². The van der Waals surface area contributed by atoms with Gasteiger partial charge >= 0.3 is 0 Å². The number of hydrogen-bond donors (Lipinski definition) is 1. The number of hydrogen-bond acceptors (Lipinski definition) is 4. The fourth-order valence-corrected chi connectivity index (χ4v) is 3.82. The smallest absolute Gasteiger partial charge is 0.152 e. The summed E-state index contributed by atoms with van der Waals surface area (Å²) in [7, 11) is -1.14. The van der Waals surface area contributed by atoms with Gasteiger partial charge in [-0.2, -0.15) is 0 Å². The molecule has 1 aliphatic heterocycles. The Morgan fingerprint density at radius 1 is 1.19 bits per heavy atom. The highest BCUT2D eigenvalue weighted by Crippen LogP contribution is 2.20. The minimum Gasteiger partial charge on any atom is -0.313 e. The van der Waals surface area contributed by atoms with Crippen molar-refractivity contribution < 1.29 is 17.2 Å². The number of sulfone groups is 1. The van der Waals surface area contributed by atoms with Crippen molar-refractivity contribution in [3.63, 3.8) is 0 Å². The molecule has 1 heterocycles. The first-order valence-electron chi connectivity index (χ1n) is 6.95. The maximum atomic E-state index is 13.3. The van der Waals surface area contributed by atoms with Gasteiger partial charge in [-0.3, -0.25) is 0 Å². The monoisotopic (exact) mass is 318 g/mol. The normalized spacial score (nSPS) is 20.3. The van der Waals surface area contributed by atoms with Gasteiger partial charge in [-0.15, -0.1) is 0 Å². The molecule has 1 fully saturated rings. The maximum absolute atomic E-state index is 13.3. The Balaban J connectivity index is 1.94. The Hall–Kier alpha value is -1.05. The first-order valence-corrected chi connectivity index (χ1v) is 8.78. The lowest BCUT2D eigenvalue weighted by molar-refractivity contribution is 0.277. The van der Waals surface area contributed by atoms with Crippen LogP contribution in [-0.4, -0.2) is 51.5 Å². The van der Waals surface area contributed by atoms with E-state index in [1.807, 2.05) is 0 Å². The van der Waals surface area contributed by atoms with Crippen molar-refractivity contribution in [2.75, 3.05) is 38.2 Å². The third-order valence-corrected chi connectivity index (χ3v) is 5.42. The fourth-order valence-electron chi connectivity index (χ4n) is 2.54. The molecule has 2 rings (SSSR count). The zero-order valence-electron chi connectivity index (χ0n) is 12.0. The number of nitrogens with one attached hydrogen (secondary N) is 1. The van der Waals surface area contributed by atoms with Crippen LogP contribution >= 0.6 is 0 Å². The summed E-state index contributed by atoms with van der Waals surface area (Å²) in [5.74, 6) is -0.805. The van der Waals surface area contributed by atoms with Crippen molar-refractivity contribution in [2.45, 2.75) is 12.5 Å². The zero-order chi connectivity index (χ0) is 15.5. The topological polar surface area (TPSA) is 49.4 Å². The lowest BCUT2D eigenvalue weighted by Gasteiger charge is -2.28. The molecule has 1 unspecified atom stereocenters. The van der Waals surface area contributed by atoms with Crippen LogP contribution in [0, 0.1) is 11.6 Å². The minimum absolute atomic E-state index is 0.159. The second kappa shape index (κ2) is 6.81. The number of rotatable bonds is 5. The fraction of sp³-hybridized carbons (Fsp3) is 0.571. The standard InChI is InChI=1S/C14H20F2N2O2S/c1-17-14(11-8-12(15)10-13(16)9-11)2-3-18-4-6-21(19,20)7-5-18/h8-10,14,17H,2-7H2,1H3. The number of halogens is 2. The molecule has 0 radical (unpaired) electrons. The molecule has 0 aliphatic carbocycles. The van der Waals surface area contributed by atoms with E-state index >= 15 is 0 Å². The van der Waals surface area contributed by atoms with Gasteiger partial charge in [-0.05, 0) is 31.2 Å². The molecule has 1 aromatic rings. The SMILES string of the molecule is CNC(CCN1CCS(=O)(=O)CC1)c1cc(F)cc(F)c1. The van der Waals surface area contributed by atoms with Crippen molar-refractivity contribution in [1.82, 2.24) is 10.2 Å². The van der Waals surface area contributed by atoms with Crippen LogP contribution in [0.3, 0.4) is 0 Å². The van der Waals surface area contributed by atoms with Gasteiger partial charge in [0.15, 0.2) is 9.84 Å². The van der Waals surface area contributed by atoms with Gasteiger partial charge in [0.1, 0.15) is 11.6 Å². The molecular weight excluding hydrogens is 298 g/mol. The van der Waals surface area contributed by atoms with Crippen LogP contribution in [0.5, 0.6) is 0 Å². The average Bonchev–Trinajstić information content (AvgIpc) is 2.40. The number of nitrogens with zero attached hydrogens (tertiary/aromatic N) is 1. The van der Waals surface area contributed by atoms with Crippen molar-refractivity contribution in [3.05, 3.63) is 35.4 Å². The van der Waals surface area contributed by atoms with Crippen LogP contribution < -0.4 is 5.32 Å². The highest BCUT2D eigenvalue weighted by molar-refractivity contribution is 7.91. The molecule has 1 saturated heterocycles. The maximum Gasteiger partial charge on any atom is 0.152 e. The van der Waals surface area contributed by atoms with Crippen molar-refractivity contribution in [1.29, 1.82) is 0 Å². The Labute approximate surface area is 124 Å². The summed E-state index contributed by atoms with van der Waals surface area (Å²) in [6, 6.07) is 3.34. The summed E-state index contributed by atoms with van der Waals surface area (Å²) in [6.07, 6.45) is 0.666. The molecule has 21 heavy (non-hydrogen) atoms. The largest absolute Gasteiger partial charge is 0.313 e. The summed E-state index contributed by atoms with van der Waals surface area (Å²) in [6.45, 7) is 1.74. The third kappa shape index (κ3) is 4.72. The number of benzene rings is 1. The van der Waals surface area contributed by atoms with Gasteiger partial charge in [0.2, 0.25) is 0 Å². The van der Waals surface area contributed by atoms with E-state index in [1.54, 1.807) is 7.05 Å². The highest BCUT2D eigenvalue weighted by Gasteiger charge is 2.22. The van der Waals surface area contributed by atoms with E-state index in [1.165, 1.54) is 12.1 Å². The second-order valence-corrected chi connectivity index (χ2v) is 7.63. The summed E-state index contributed by atoms with van der Waals surface area (Å²) in [5, 5.41) is 3.05. The quantitative estimate of drug-likeness (QED) is 0.890. The van der Waals surface area contributed by atoms with Gasteiger partial charge in [0.05, 0.1) is 11.5 Å². The summed E-state index contributed by atoms with van der Waals surface area (Å²) in [5.41, 5.74) is 0.569. The first-order chi connectivity index (χ1) is 9.89. The Bertz CT molecular complexity index is 558. The second-order valence-electron chi connectivity index (χ2n) is 5.33. The highest BCUT2D eigenvalue weighted by atomic mass is 32.2. The van der Waals surface area contributed by atoms with Crippen LogP contribution in [0.1, 0.15) is 18.0 Å². The van der Waals surface area contributed by atoms with E-state index in [2.05, 4.69) is 10.2 Å². The Morgan fingerprint density at radius 2 is 1.76 bits per heavy atom. The van der Waals surface area contributed by atoms with Crippen LogP contribution in [0.2, 0.25) is 0 Å². The Kier molecular flexibility index (Phi) is 5.29. The van der Waals surface area contributed by atoms with E-state index in [4.69, 9.17) is 0 Å². The van der Waals surface area contributed by atoms with Crippen molar-refractivity contribution in [2.24, 2.45) is 0 Å². The molecular formula is C14H20F2N2O2S. The average molecular weight is 318 g/mol. The molecule has 7 heteroatoms. The van der Waals surface area contributed by atoms with Gasteiger partial charge < -0.3 is 10.2 Å². The van der Waals surface area contributed by atoms with Crippen molar-refractivity contribution in [3.8, 4) is 0 Å². The minimum atomic E-state index is -2.88. The van der Waals surface area contributed by atoms with Crippen LogP contribution in [0.15, 0.2) is 18.2 Å². The molecule has 1 atom stereocenters. The molecule has 0 amide bonds. The van der Waals surface area contributed by atoms with Gasteiger partial charge in [-0.1, -0.05) is 0 Å². The molecule has 0 spiro atoms. The zero-order valence-corrected chi connectivity index (χ0v) is 12.8. The van der Waals surface area contributed by atoms with E-state index in [0.717, 1.165) is 6.07 Å².